The normalized spacial score (nSPS) is 10.7. The lowest BCUT2D eigenvalue weighted by Gasteiger charge is -2.10. The van der Waals surface area contributed by atoms with Crippen molar-refractivity contribution in [3.8, 4) is 17.2 Å². The van der Waals surface area contributed by atoms with Gasteiger partial charge in [0.25, 0.3) is 5.91 Å². The smallest absolute Gasteiger partial charge is 0.262 e. The zero-order valence-corrected chi connectivity index (χ0v) is 19.2. The molecule has 0 saturated carbocycles. The lowest BCUT2D eigenvalue weighted by atomic mass is 10.2. The van der Waals surface area contributed by atoms with Gasteiger partial charge in [-0.15, -0.1) is 0 Å². The van der Waals surface area contributed by atoms with Crippen LogP contribution in [0, 0.1) is 6.92 Å². The quantitative estimate of drug-likeness (QED) is 0.325. The first-order chi connectivity index (χ1) is 15.4. The Morgan fingerprint density at radius 1 is 1.09 bits per heavy atom. The number of amides is 1. The zero-order chi connectivity index (χ0) is 22.7. The fourth-order valence-corrected chi connectivity index (χ4v) is 3.59. The van der Waals surface area contributed by atoms with Crippen molar-refractivity contribution in [3.63, 3.8) is 0 Å². The Labute approximate surface area is 196 Å². The lowest BCUT2D eigenvalue weighted by Crippen LogP contribution is -2.20. The van der Waals surface area contributed by atoms with E-state index < -0.39 is 0 Å². The fourth-order valence-electron chi connectivity index (χ4n) is 3.00. The Morgan fingerprint density at radius 3 is 2.69 bits per heavy atom. The van der Waals surface area contributed by atoms with Gasteiger partial charge in [-0.3, -0.25) is 9.59 Å². The van der Waals surface area contributed by atoms with Gasteiger partial charge in [0, 0.05) is 16.8 Å². The van der Waals surface area contributed by atoms with E-state index in [4.69, 9.17) is 25.5 Å². The molecule has 0 aliphatic heterocycles. The largest absolute Gasteiger partial charge is 0.484 e. The number of carbonyl (C=O) groups is 1. The van der Waals surface area contributed by atoms with Crippen molar-refractivity contribution in [1.29, 1.82) is 0 Å². The SMILES string of the molecule is Cc1cc(Cl)ccc1NC(=O)COc1ccc2c(=O)c(Oc3ccccc3Br)coc2c1. The van der Waals surface area contributed by atoms with Gasteiger partial charge >= 0.3 is 0 Å². The molecule has 0 fully saturated rings. The second-order valence-electron chi connectivity index (χ2n) is 6.92. The Morgan fingerprint density at radius 2 is 1.91 bits per heavy atom. The van der Waals surface area contributed by atoms with Gasteiger partial charge in [-0.25, -0.2) is 0 Å². The summed E-state index contributed by atoms with van der Waals surface area (Å²) in [5.41, 5.74) is 1.51. The van der Waals surface area contributed by atoms with Crippen molar-refractivity contribution in [2.45, 2.75) is 6.92 Å². The molecular formula is C24H17BrClNO5. The third kappa shape index (κ3) is 4.95. The zero-order valence-electron chi connectivity index (χ0n) is 16.9. The molecule has 3 aromatic carbocycles. The van der Waals surface area contributed by atoms with Crippen LogP contribution < -0.4 is 20.2 Å². The summed E-state index contributed by atoms with van der Waals surface area (Å²) in [5.74, 6) is 0.633. The van der Waals surface area contributed by atoms with Crippen molar-refractivity contribution >= 4 is 50.1 Å². The number of benzene rings is 3. The van der Waals surface area contributed by atoms with E-state index in [0.717, 1.165) is 10.0 Å². The van der Waals surface area contributed by atoms with E-state index in [1.807, 2.05) is 19.1 Å². The summed E-state index contributed by atoms with van der Waals surface area (Å²) >= 11 is 9.31. The van der Waals surface area contributed by atoms with Gasteiger partial charge in [-0.2, -0.15) is 0 Å². The highest BCUT2D eigenvalue weighted by Gasteiger charge is 2.12. The van der Waals surface area contributed by atoms with E-state index in [-0.39, 0.29) is 23.7 Å². The maximum Gasteiger partial charge on any atom is 0.262 e. The summed E-state index contributed by atoms with van der Waals surface area (Å²) in [5, 5.41) is 3.71. The van der Waals surface area contributed by atoms with Crippen molar-refractivity contribution < 1.29 is 18.7 Å². The first kappa shape index (κ1) is 21.9. The molecule has 1 amide bonds. The molecule has 0 bridgehead atoms. The van der Waals surface area contributed by atoms with Crippen LogP contribution in [0.15, 0.2) is 80.6 Å². The Kier molecular flexibility index (Phi) is 6.48. The van der Waals surface area contributed by atoms with Gasteiger partial charge < -0.3 is 19.2 Å². The predicted molar refractivity (Wildman–Crippen MR) is 127 cm³/mol. The molecule has 0 radical (unpaired) electrons. The Bertz CT molecular complexity index is 1370. The van der Waals surface area contributed by atoms with E-state index in [9.17, 15) is 9.59 Å². The molecule has 1 N–H and O–H groups in total. The van der Waals surface area contributed by atoms with Gasteiger partial charge in [-0.05, 0) is 70.9 Å². The monoisotopic (exact) mass is 513 g/mol. The molecule has 32 heavy (non-hydrogen) atoms. The number of ether oxygens (including phenoxy) is 2. The molecule has 1 heterocycles. The third-order valence-electron chi connectivity index (χ3n) is 4.60. The number of aryl methyl sites for hydroxylation is 1. The number of fused-ring (bicyclic) bond motifs is 1. The van der Waals surface area contributed by atoms with Crippen LogP contribution >= 0.6 is 27.5 Å². The molecular weight excluding hydrogens is 498 g/mol. The molecule has 6 nitrogen and oxygen atoms in total. The number of hydrogen-bond donors (Lipinski definition) is 1. The number of halogens is 2. The van der Waals surface area contributed by atoms with Gasteiger partial charge in [0.15, 0.2) is 6.61 Å². The van der Waals surface area contributed by atoms with Crippen LogP contribution in [0.2, 0.25) is 5.02 Å². The summed E-state index contributed by atoms with van der Waals surface area (Å²) in [4.78, 5) is 25.0. The van der Waals surface area contributed by atoms with E-state index in [1.165, 1.54) is 6.26 Å². The summed E-state index contributed by atoms with van der Waals surface area (Å²) in [6.45, 7) is 1.64. The van der Waals surface area contributed by atoms with E-state index in [1.54, 1.807) is 48.5 Å². The number of carbonyl (C=O) groups excluding carboxylic acids is 1. The fraction of sp³-hybridized carbons (Fsp3) is 0.0833. The van der Waals surface area contributed by atoms with Crippen molar-refractivity contribution in [1.82, 2.24) is 0 Å². The number of hydrogen-bond acceptors (Lipinski definition) is 5. The molecule has 4 rings (SSSR count). The molecule has 0 spiro atoms. The van der Waals surface area contributed by atoms with E-state index in [0.29, 0.717) is 33.2 Å². The van der Waals surface area contributed by atoms with Gasteiger partial charge in [0.1, 0.15) is 23.3 Å². The Balaban J connectivity index is 1.46. The third-order valence-corrected chi connectivity index (χ3v) is 5.49. The standard InChI is InChI=1S/C24H17BrClNO5/c1-14-10-15(26)6-9-19(14)27-23(28)13-30-16-7-8-17-21(11-16)31-12-22(24(17)29)32-20-5-3-2-4-18(20)25/h2-12H,13H2,1H3,(H,27,28). The minimum Gasteiger partial charge on any atom is -0.484 e. The number of nitrogens with one attached hydrogen (secondary N) is 1. The van der Waals surface area contributed by atoms with E-state index in [2.05, 4.69) is 21.2 Å². The molecule has 0 aliphatic carbocycles. The van der Waals surface area contributed by atoms with Gasteiger partial charge in [0.05, 0.1) is 9.86 Å². The van der Waals surface area contributed by atoms with Crippen LogP contribution in [0.1, 0.15) is 5.56 Å². The summed E-state index contributed by atoms with van der Waals surface area (Å²) in [6, 6.07) is 17.1. The molecule has 0 atom stereocenters. The number of para-hydroxylation sites is 1. The highest BCUT2D eigenvalue weighted by molar-refractivity contribution is 9.10. The average Bonchev–Trinajstić information content (AvgIpc) is 2.77. The second kappa shape index (κ2) is 9.46. The first-order valence-electron chi connectivity index (χ1n) is 9.57. The van der Waals surface area contributed by atoms with Crippen LogP contribution in [0.5, 0.6) is 17.2 Å². The predicted octanol–water partition coefficient (Wildman–Crippen LogP) is 6.33. The van der Waals surface area contributed by atoms with Gasteiger partial charge in [-0.1, -0.05) is 23.7 Å². The minimum atomic E-state index is -0.325. The van der Waals surface area contributed by atoms with Gasteiger partial charge in [0.2, 0.25) is 11.2 Å². The van der Waals surface area contributed by atoms with Crippen LogP contribution in [0.4, 0.5) is 5.69 Å². The summed E-state index contributed by atoms with van der Waals surface area (Å²) in [7, 11) is 0. The van der Waals surface area contributed by atoms with Crippen LogP contribution in [0.25, 0.3) is 11.0 Å². The lowest BCUT2D eigenvalue weighted by molar-refractivity contribution is -0.118. The maximum atomic E-state index is 12.8. The molecule has 0 unspecified atom stereocenters. The van der Waals surface area contributed by atoms with Crippen molar-refractivity contribution in [3.05, 3.63) is 92.2 Å². The van der Waals surface area contributed by atoms with Crippen LogP contribution in [-0.4, -0.2) is 12.5 Å². The number of rotatable bonds is 6. The second-order valence-corrected chi connectivity index (χ2v) is 8.21. The Hall–Kier alpha value is -3.29. The maximum absolute atomic E-state index is 12.8. The van der Waals surface area contributed by atoms with Crippen molar-refractivity contribution in [2.24, 2.45) is 0 Å². The highest BCUT2D eigenvalue weighted by atomic mass is 79.9. The minimum absolute atomic E-state index is 0.0655. The summed E-state index contributed by atoms with van der Waals surface area (Å²) < 4.78 is 17.5. The van der Waals surface area contributed by atoms with Crippen LogP contribution in [0.3, 0.4) is 0 Å². The molecule has 4 aromatic rings. The van der Waals surface area contributed by atoms with Crippen LogP contribution in [-0.2, 0) is 4.79 Å². The van der Waals surface area contributed by atoms with E-state index >= 15 is 0 Å². The average molecular weight is 515 g/mol. The highest BCUT2D eigenvalue weighted by Crippen LogP contribution is 2.29. The molecule has 162 valence electrons. The topological polar surface area (TPSA) is 77.8 Å². The molecule has 0 aliphatic rings. The molecule has 8 heteroatoms. The molecule has 0 saturated heterocycles. The summed E-state index contributed by atoms with van der Waals surface area (Å²) in [6.07, 6.45) is 1.25. The van der Waals surface area contributed by atoms with Crippen molar-refractivity contribution in [2.75, 3.05) is 11.9 Å². The first-order valence-corrected chi connectivity index (χ1v) is 10.7. The number of anilines is 1. The molecule has 1 aromatic heterocycles.